The fourth-order valence-corrected chi connectivity index (χ4v) is 5.75. The van der Waals surface area contributed by atoms with E-state index in [0.717, 1.165) is 11.6 Å². The van der Waals surface area contributed by atoms with Crippen LogP contribution in [0.3, 0.4) is 0 Å². The van der Waals surface area contributed by atoms with Gasteiger partial charge in [0, 0.05) is 27.3 Å². The Morgan fingerprint density at radius 3 is 2.90 bits per heavy atom. The first-order valence-electron chi connectivity index (χ1n) is 7.93. The fourth-order valence-electron chi connectivity index (χ4n) is 3.54. The molecular formula is C17H24ClNS2. The third kappa shape index (κ3) is 3.74. The average molecular weight is 342 g/mol. The summed E-state index contributed by atoms with van der Waals surface area (Å²) in [6, 6.07) is 6.83. The van der Waals surface area contributed by atoms with Crippen LogP contribution in [-0.4, -0.2) is 23.3 Å². The van der Waals surface area contributed by atoms with Crippen molar-refractivity contribution in [3.05, 3.63) is 28.8 Å². The second kappa shape index (κ2) is 7.16. The molecule has 1 aromatic rings. The molecule has 4 heteroatoms. The van der Waals surface area contributed by atoms with Crippen LogP contribution in [0, 0.1) is 0 Å². The number of fused-ring (bicyclic) bond motifs is 1. The number of hydrogen-bond acceptors (Lipinski definition) is 3. The van der Waals surface area contributed by atoms with Crippen molar-refractivity contribution in [3.8, 4) is 0 Å². The topological polar surface area (TPSA) is 12.0 Å². The number of halogens is 1. The van der Waals surface area contributed by atoms with Gasteiger partial charge in [-0.2, -0.15) is 11.8 Å². The molecule has 0 amide bonds. The van der Waals surface area contributed by atoms with Crippen molar-refractivity contribution >= 4 is 35.1 Å². The van der Waals surface area contributed by atoms with E-state index in [9.17, 15) is 0 Å². The van der Waals surface area contributed by atoms with Crippen molar-refractivity contribution in [1.29, 1.82) is 0 Å². The molecule has 3 rings (SSSR count). The Morgan fingerprint density at radius 2 is 2.14 bits per heavy atom. The molecule has 1 aliphatic heterocycles. The maximum Gasteiger partial charge on any atom is 0.0410 e. The highest BCUT2D eigenvalue weighted by molar-refractivity contribution is 8.00. The normalized spacial score (nSPS) is 24.6. The first-order valence-corrected chi connectivity index (χ1v) is 10.5. The third-order valence-electron chi connectivity index (χ3n) is 4.88. The predicted octanol–water partition coefficient (Wildman–Crippen LogP) is 5.53. The summed E-state index contributed by atoms with van der Waals surface area (Å²) in [5.74, 6) is 1.21. The minimum Gasteiger partial charge on any atom is -0.308 e. The van der Waals surface area contributed by atoms with Crippen molar-refractivity contribution in [2.75, 3.05) is 18.6 Å². The van der Waals surface area contributed by atoms with Gasteiger partial charge in [0.25, 0.3) is 0 Å². The zero-order valence-corrected chi connectivity index (χ0v) is 15.0. The summed E-state index contributed by atoms with van der Waals surface area (Å²) in [5, 5.41) is 4.74. The van der Waals surface area contributed by atoms with Crippen LogP contribution in [0.1, 0.15) is 50.1 Å². The maximum atomic E-state index is 6.20. The molecule has 1 heterocycles. The Labute approximate surface area is 142 Å². The van der Waals surface area contributed by atoms with E-state index in [1.165, 1.54) is 54.7 Å². The van der Waals surface area contributed by atoms with Gasteiger partial charge < -0.3 is 5.32 Å². The van der Waals surface area contributed by atoms with E-state index in [1.54, 1.807) is 0 Å². The van der Waals surface area contributed by atoms with Gasteiger partial charge in [0.05, 0.1) is 0 Å². The van der Waals surface area contributed by atoms with Gasteiger partial charge in [-0.25, -0.2) is 0 Å². The van der Waals surface area contributed by atoms with Crippen LogP contribution in [0.15, 0.2) is 23.1 Å². The molecule has 1 aromatic carbocycles. The quantitative estimate of drug-likeness (QED) is 0.773. The molecule has 1 fully saturated rings. The van der Waals surface area contributed by atoms with Gasteiger partial charge in [-0.15, -0.1) is 11.8 Å². The molecule has 0 spiro atoms. The monoisotopic (exact) mass is 341 g/mol. The van der Waals surface area contributed by atoms with E-state index in [2.05, 4.69) is 35.5 Å². The molecule has 21 heavy (non-hydrogen) atoms. The molecule has 1 unspecified atom stereocenters. The van der Waals surface area contributed by atoms with Crippen LogP contribution in [0.4, 0.5) is 0 Å². The molecule has 1 aliphatic carbocycles. The number of hydrogen-bond donors (Lipinski definition) is 1. The highest BCUT2D eigenvalue weighted by Crippen LogP contribution is 2.41. The molecule has 1 atom stereocenters. The summed E-state index contributed by atoms with van der Waals surface area (Å²) in [7, 11) is 0. The van der Waals surface area contributed by atoms with Crippen molar-refractivity contribution in [3.63, 3.8) is 0 Å². The zero-order valence-electron chi connectivity index (χ0n) is 12.7. The van der Waals surface area contributed by atoms with Crippen LogP contribution in [-0.2, 0) is 0 Å². The standard InChI is InChI=1S/C17H24ClNS2/c1-20-17(8-3-2-4-9-17)12-19-15-7-10-21-16-6-5-13(18)11-14(15)16/h5-6,11,15,19H,2-4,7-10,12H2,1H3. The molecule has 1 saturated carbocycles. The largest absolute Gasteiger partial charge is 0.308 e. The summed E-state index contributed by atoms with van der Waals surface area (Å²) in [6.07, 6.45) is 10.4. The van der Waals surface area contributed by atoms with E-state index in [1.807, 2.05) is 17.8 Å². The number of nitrogens with one attached hydrogen (secondary N) is 1. The zero-order chi connectivity index (χ0) is 14.7. The summed E-state index contributed by atoms with van der Waals surface area (Å²) in [6.45, 7) is 1.13. The molecule has 116 valence electrons. The summed E-state index contributed by atoms with van der Waals surface area (Å²) >= 11 is 10.2. The molecule has 2 aliphatic rings. The number of benzene rings is 1. The molecular weight excluding hydrogens is 318 g/mol. The van der Waals surface area contributed by atoms with Gasteiger partial charge in [0.1, 0.15) is 0 Å². The number of thioether (sulfide) groups is 2. The lowest BCUT2D eigenvalue weighted by Gasteiger charge is -2.38. The highest BCUT2D eigenvalue weighted by Gasteiger charge is 2.32. The smallest absolute Gasteiger partial charge is 0.0410 e. The van der Waals surface area contributed by atoms with Gasteiger partial charge in [0.15, 0.2) is 0 Å². The first-order chi connectivity index (χ1) is 10.2. The Morgan fingerprint density at radius 1 is 1.33 bits per heavy atom. The fraction of sp³-hybridized carbons (Fsp3) is 0.647. The van der Waals surface area contributed by atoms with E-state index in [0.29, 0.717) is 10.8 Å². The molecule has 0 aromatic heterocycles. The van der Waals surface area contributed by atoms with Crippen molar-refractivity contribution in [2.45, 2.75) is 54.2 Å². The Bertz CT molecular complexity index is 486. The Hall–Kier alpha value is 0.170. The van der Waals surface area contributed by atoms with Crippen LogP contribution in [0.25, 0.3) is 0 Å². The minimum absolute atomic E-state index is 0.460. The van der Waals surface area contributed by atoms with Crippen molar-refractivity contribution < 1.29 is 0 Å². The van der Waals surface area contributed by atoms with Crippen LogP contribution < -0.4 is 5.32 Å². The van der Waals surface area contributed by atoms with Gasteiger partial charge >= 0.3 is 0 Å². The molecule has 0 radical (unpaired) electrons. The summed E-state index contributed by atoms with van der Waals surface area (Å²) in [4.78, 5) is 1.41. The Balaban J connectivity index is 1.70. The van der Waals surface area contributed by atoms with E-state index in [4.69, 9.17) is 11.6 Å². The van der Waals surface area contributed by atoms with Gasteiger partial charge in [-0.1, -0.05) is 30.9 Å². The predicted molar refractivity (Wildman–Crippen MR) is 96.9 cm³/mol. The van der Waals surface area contributed by atoms with Crippen LogP contribution in [0.5, 0.6) is 0 Å². The van der Waals surface area contributed by atoms with E-state index < -0.39 is 0 Å². The SMILES string of the molecule is CSC1(CNC2CCSc3ccc(Cl)cc32)CCCCC1. The van der Waals surface area contributed by atoms with Crippen molar-refractivity contribution in [1.82, 2.24) is 5.32 Å². The van der Waals surface area contributed by atoms with Crippen LogP contribution >= 0.6 is 35.1 Å². The van der Waals surface area contributed by atoms with Gasteiger partial charge in [-0.3, -0.25) is 0 Å². The second-order valence-corrected chi connectivity index (χ2v) is 9.05. The lowest BCUT2D eigenvalue weighted by atomic mass is 9.87. The Kier molecular flexibility index (Phi) is 5.47. The maximum absolute atomic E-state index is 6.20. The third-order valence-corrected chi connectivity index (χ3v) is 7.66. The minimum atomic E-state index is 0.460. The molecule has 1 nitrogen and oxygen atoms in total. The second-order valence-electron chi connectivity index (χ2n) is 6.20. The summed E-state index contributed by atoms with van der Waals surface area (Å²) in [5.41, 5.74) is 1.41. The lowest BCUT2D eigenvalue weighted by molar-refractivity contribution is 0.359. The molecule has 1 N–H and O–H groups in total. The lowest BCUT2D eigenvalue weighted by Crippen LogP contribution is -2.41. The summed E-state index contributed by atoms with van der Waals surface area (Å²) < 4.78 is 0.460. The first kappa shape index (κ1) is 16.0. The average Bonchev–Trinajstić information content (AvgIpc) is 2.54. The van der Waals surface area contributed by atoms with Gasteiger partial charge in [-0.05, 0) is 55.0 Å². The molecule has 0 saturated heterocycles. The van der Waals surface area contributed by atoms with Gasteiger partial charge in [0.2, 0.25) is 0 Å². The van der Waals surface area contributed by atoms with Crippen LogP contribution in [0.2, 0.25) is 5.02 Å². The van der Waals surface area contributed by atoms with E-state index in [-0.39, 0.29) is 0 Å². The van der Waals surface area contributed by atoms with E-state index >= 15 is 0 Å². The molecule has 0 bridgehead atoms. The van der Waals surface area contributed by atoms with Crippen molar-refractivity contribution in [2.24, 2.45) is 0 Å². The highest BCUT2D eigenvalue weighted by atomic mass is 35.5. The number of rotatable bonds is 4.